The van der Waals surface area contributed by atoms with Crippen molar-refractivity contribution in [1.82, 2.24) is 9.46 Å². The lowest BCUT2D eigenvalue weighted by Gasteiger charge is -2.31. The van der Waals surface area contributed by atoms with E-state index in [2.05, 4.69) is 10.5 Å². The number of anilines is 1. The highest BCUT2D eigenvalue weighted by Crippen LogP contribution is 2.32. The molecular weight excluding hydrogens is 514 g/mol. The Balaban J connectivity index is 1.53. The van der Waals surface area contributed by atoms with E-state index < -0.39 is 39.4 Å². The third kappa shape index (κ3) is 5.91. The number of nitrogens with one attached hydrogen (secondary N) is 1. The molecule has 2 heterocycles. The van der Waals surface area contributed by atoms with Crippen molar-refractivity contribution in [2.45, 2.75) is 30.8 Å². The van der Waals surface area contributed by atoms with Crippen LogP contribution in [0, 0.1) is 18.7 Å². The second-order valence-corrected chi connectivity index (χ2v) is 10.5. The van der Waals surface area contributed by atoms with Gasteiger partial charge in [-0.1, -0.05) is 29.4 Å². The van der Waals surface area contributed by atoms with Crippen LogP contribution >= 0.6 is 0 Å². The zero-order valence-corrected chi connectivity index (χ0v) is 20.4. The molecule has 12 heteroatoms. The normalized spacial score (nSPS) is 17.3. The Kier molecular flexibility index (Phi) is 7.51. The molecule has 37 heavy (non-hydrogen) atoms. The lowest BCUT2D eigenvalue weighted by Crippen LogP contribution is -2.43. The zero-order valence-electron chi connectivity index (χ0n) is 19.6. The Morgan fingerprint density at radius 2 is 1.92 bits per heavy atom. The number of carbonyl (C=O) groups excluding carboxylic acids is 1. The maximum Gasteiger partial charge on any atom is 0.416 e. The molecule has 2 aromatic carbocycles. The molecule has 0 radical (unpaired) electrons. The molecule has 1 saturated heterocycles. The highest BCUT2D eigenvalue weighted by atomic mass is 32.2. The summed E-state index contributed by atoms with van der Waals surface area (Å²) < 4.78 is 86.3. The van der Waals surface area contributed by atoms with Crippen LogP contribution in [0.25, 0.3) is 12.2 Å². The minimum Gasteiger partial charge on any atom is -0.355 e. The van der Waals surface area contributed by atoms with Crippen LogP contribution in [0.5, 0.6) is 0 Å². The molecule has 0 spiro atoms. The van der Waals surface area contributed by atoms with Crippen LogP contribution in [-0.2, 0) is 21.0 Å². The maximum absolute atomic E-state index is 14.0. The molecule has 0 bridgehead atoms. The van der Waals surface area contributed by atoms with E-state index in [1.165, 1.54) is 49.4 Å². The number of amides is 1. The molecule has 1 aromatic heterocycles. The quantitative estimate of drug-likeness (QED) is 0.428. The second-order valence-electron chi connectivity index (χ2n) is 8.59. The summed E-state index contributed by atoms with van der Waals surface area (Å²) in [6.45, 7) is 1.42. The van der Waals surface area contributed by atoms with Crippen molar-refractivity contribution in [3.8, 4) is 0 Å². The first-order valence-corrected chi connectivity index (χ1v) is 12.8. The molecule has 3 aromatic rings. The van der Waals surface area contributed by atoms with E-state index in [0.29, 0.717) is 12.8 Å². The summed E-state index contributed by atoms with van der Waals surface area (Å²) >= 11 is 0. The van der Waals surface area contributed by atoms with Crippen molar-refractivity contribution in [2.75, 3.05) is 18.4 Å². The van der Waals surface area contributed by atoms with Crippen molar-refractivity contribution in [1.29, 1.82) is 0 Å². The van der Waals surface area contributed by atoms with Gasteiger partial charge in [-0.05, 0) is 56.2 Å². The van der Waals surface area contributed by atoms with Gasteiger partial charge in [0.1, 0.15) is 11.5 Å². The highest BCUT2D eigenvalue weighted by molar-refractivity contribution is 7.89. The number of sulfonamides is 1. The van der Waals surface area contributed by atoms with Crippen molar-refractivity contribution in [3.05, 3.63) is 76.9 Å². The smallest absolute Gasteiger partial charge is 0.355 e. The van der Waals surface area contributed by atoms with Crippen LogP contribution in [0.1, 0.15) is 35.4 Å². The summed E-state index contributed by atoms with van der Waals surface area (Å²) in [6.07, 6.45) is -1.15. The number of nitrogens with zero attached hydrogens (tertiary/aromatic N) is 2. The van der Waals surface area contributed by atoms with Gasteiger partial charge in [0.15, 0.2) is 10.7 Å². The van der Waals surface area contributed by atoms with Crippen LogP contribution in [0.15, 0.2) is 57.9 Å². The van der Waals surface area contributed by atoms with Crippen LogP contribution in [-0.4, -0.2) is 36.9 Å². The van der Waals surface area contributed by atoms with Gasteiger partial charge in [-0.25, -0.2) is 12.8 Å². The zero-order chi connectivity index (χ0) is 26.8. The average Bonchev–Trinajstić information content (AvgIpc) is 3.24. The number of aromatic nitrogens is 1. The monoisotopic (exact) mass is 537 g/mol. The molecule has 0 aliphatic carbocycles. The van der Waals surface area contributed by atoms with Gasteiger partial charge >= 0.3 is 6.18 Å². The van der Waals surface area contributed by atoms with Crippen LogP contribution in [0.2, 0.25) is 0 Å². The van der Waals surface area contributed by atoms with Gasteiger partial charge in [0.2, 0.25) is 15.9 Å². The number of piperidine rings is 1. The van der Waals surface area contributed by atoms with Gasteiger partial charge < -0.3 is 9.84 Å². The topological polar surface area (TPSA) is 92.5 Å². The van der Waals surface area contributed by atoms with Gasteiger partial charge in [0.25, 0.3) is 0 Å². The fourth-order valence-corrected chi connectivity index (χ4v) is 5.87. The molecule has 196 valence electrons. The average molecular weight is 538 g/mol. The number of rotatable bonds is 6. The van der Waals surface area contributed by atoms with Gasteiger partial charge in [0.05, 0.1) is 11.5 Å². The van der Waals surface area contributed by atoms with E-state index in [0.717, 1.165) is 16.4 Å². The first kappa shape index (κ1) is 26.6. The maximum atomic E-state index is 14.0. The molecule has 7 nitrogen and oxygen atoms in total. The molecular formula is C25H23F4N3O4S. The number of hydrogen-bond acceptors (Lipinski definition) is 5. The summed E-state index contributed by atoms with van der Waals surface area (Å²) in [4.78, 5) is 12.6. The first-order valence-electron chi connectivity index (χ1n) is 11.3. The Labute approximate surface area is 210 Å². The molecule has 1 fully saturated rings. The van der Waals surface area contributed by atoms with E-state index in [-0.39, 0.29) is 40.7 Å². The van der Waals surface area contributed by atoms with Crippen LogP contribution < -0.4 is 5.32 Å². The molecule has 1 aliphatic heterocycles. The fraction of sp³-hybridized carbons (Fsp3) is 0.280. The molecule has 4 rings (SSSR count). The summed E-state index contributed by atoms with van der Waals surface area (Å²) in [5.74, 6) is -1.95. The summed E-state index contributed by atoms with van der Waals surface area (Å²) in [5, 5.41) is 6.21. The fourth-order valence-electron chi connectivity index (χ4n) is 4.10. The highest BCUT2D eigenvalue weighted by Gasteiger charge is 2.37. The molecule has 0 unspecified atom stereocenters. The van der Waals surface area contributed by atoms with E-state index >= 15 is 0 Å². The predicted octanol–water partition coefficient (Wildman–Crippen LogP) is 5.35. The van der Waals surface area contributed by atoms with E-state index in [9.17, 15) is 30.8 Å². The molecule has 1 N–H and O–H groups in total. The summed E-state index contributed by atoms with van der Waals surface area (Å²) in [7, 11) is -4.16. The lowest BCUT2D eigenvalue weighted by atomic mass is 9.98. The number of carbonyl (C=O) groups is 1. The van der Waals surface area contributed by atoms with E-state index in [1.54, 1.807) is 6.07 Å². The number of hydrogen-bond donors (Lipinski definition) is 1. The molecule has 1 aliphatic rings. The number of alkyl halides is 3. The second kappa shape index (κ2) is 10.5. The first-order chi connectivity index (χ1) is 17.5. The number of halogens is 4. The minimum absolute atomic E-state index is 0.0322. The standard InChI is InChI=1S/C25H23F4N3O4S/c1-16-23(22(36-31-16)12-11-17-6-2-3-10-21(17)26)37(34,35)32-13-5-7-18(15-32)24(33)30-20-9-4-8-19(14-20)25(27,28)29/h2-4,6,8-12,14,18H,5,7,13,15H2,1H3,(H,30,33)/b12-11+/t18-/m1/s1. The Bertz CT molecular complexity index is 1430. The Morgan fingerprint density at radius 3 is 2.65 bits per heavy atom. The summed E-state index contributed by atoms with van der Waals surface area (Å²) in [6, 6.07) is 10.2. The van der Waals surface area contributed by atoms with E-state index in [4.69, 9.17) is 4.52 Å². The van der Waals surface area contributed by atoms with Crippen molar-refractivity contribution in [2.24, 2.45) is 5.92 Å². The number of aryl methyl sites for hydroxylation is 1. The number of benzene rings is 2. The van der Waals surface area contributed by atoms with Gasteiger partial charge in [0, 0.05) is 24.3 Å². The third-order valence-electron chi connectivity index (χ3n) is 5.96. The van der Waals surface area contributed by atoms with Gasteiger partial charge in [-0.15, -0.1) is 0 Å². The van der Waals surface area contributed by atoms with Crippen LogP contribution in [0.4, 0.5) is 23.2 Å². The molecule has 1 atom stereocenters. The minimum atomic E-state index is -4.56. The van der Waals surface area contributed by atoms with Crippen LogP contribution in [0.3, 0.4) is 0 Å². The van der Waals surface area contributed by atoms with Crippen molar-refractivity contribution >= 4 is 33.8 Å². The third-order valence-corrected chi connectivity index (χ3v) is 7.99. The molecule has 1 amide bonds. The summed E-state index contributed by atoms with van der Waals surface area (Å²) in [5.41, 5.74) is -0.611. The van der Waals surface area contributed by atoms with Gasteiger partial charge in [-0.3, -0.25) is 4.79 Å². The predicted molar refractivity (Wildman–Crippen MR) is 128 cm³/mol. The Morgan fingerprint density at radius 1 is 1.16 bits per heavy atom. The lowest BCUT2D eigenvalue weighted by molar-refractivity contribution is -0.137. The Hall–Kier alpha value is -3.51. The van der Waals surface area contributed by atoms with Gasteiger partial charge in [-0.2, -0.15) is 17.5 Å². The van der Waals surface area contributed by atoms with Crippen molar-refractivity contribution in [3.63, 3.8) is 0 Å². The SMILES string of the molecule is Cc1noc(/C=C/c2ccccc2F)c1S(=O)(=O)N1CCC[C@@H](C(=O)Nc2cccc(C(F)(F)F)c2)C1. The molecule has 0 saturated carbocycles. The largest absolute Gasteiger partial charge is 0.416 e. The van der Waals surface area contributed by atoms with Crippen molar-refractivity contribution < 1.29 is 35.3 Å². The van der Waals surface area contributed by atoms with E-state index in [1.807, 2.05) is 0 Å².